The van der Waals surface area contributed by atoms with Crippen LogP contribution in [0.15, 0.2) is 28.8 Å². The first kappa shape index (κ1) is 13.8. The average molecular weight is 270 g/mol. The van der Waals surface area contributed by atoms with Crippen LogP contribution in [0.2, 0.25) is 0 Å². The van der Waals surface area contributed by atoms with E-state index in [2.05, 4.69) is 22.3 Å². The molecule has 0 saturated heterocycles. The second-order valence-electron chi connectivity index (χ2n) is 4.16. The molecule has 102 valence electrons. The Hall–Kier alpha value is -2.58. The van der Waals surface area contributed by atoms with Crippen LogP contribution >= 0.6 is 0 Å². The SMILES string of the molecule is Cc1noc(C)c1C(=O)Nc1ccccc1C#CCO. The molecule has 2 N–H and O–H groups in total. The molecular weight excluding hydrogens is 256 g/mol. The summed E-state index contributed by atoms with van der Waals surface area (Å²) in [6.45, 7) is 3.17. The van der Waals surface area contributed by atoms with Crippen molar-refractivity contribution in [2.45, 2.75) is 13.8 Å². The van der Waals surface area contributed by atoms with Crippen LogP contribution < -0.4 is 5.32 Å². The third-order valence-electron chi connectivity index (χ3n) is 2.74. The Morgan fingerprint density at radius 1 is 1.40 bits per heavy atom. The molecule has 1 aromatic carbocycles. The molecule has 1 amide bonds. The Balaban J connectivity index is 2.29. The van der Waals surface area contributed by atoms with Gasteiger partial charge in [0.2, 0.25) is 0 Å². The van der Waals surface area contributed by atoms with E-state index >= 15 is 0 Å². The van der Waals surface area contributed by atoms with Crippen LogP contribution in [0.3, 0.4) is 0 Å². The first-order chi connectivity index (χ1) is 9.63. The molecule has 0 unspecified atom stereocenters. The summed E-state index contributed by atoms with van der Waals surface area (Å²) < 4.78 is 4.98. The van der Waals surface area contributed by atoms with Crippen LogP contribution in [0.1, 0.15) is 27.4 Å². The number of nitrogens with one attached hydrogen (secondary N) is 1. The number of nitrogens with zero attached hydrogens (tertiary/aromatic N) is 1. The predicted molar refractivity (Wildman–Crippen MR) is 74.3 cm³/mol. The van der Waals surface area contributed by atoms with E-state index in [1.54, 1.807) is 32.0 Å². The summed E-state index contributed by atoms with van der Waals surface area (Å²) in [6.07, 6.45) is 0. The minimum absolute atomic E-state index is 0.230. The van der Waals surface area contributed by atoms with Crippen molar-refractivity contribution in [2.75, 3.05) is 11.9 Å². The van der Waals surface area contributed by atoms with E-state index in [0.717, 1.165) is 0 Å². The van der Waals surface area contributed by atoms with Gasteiger partial charge in [-0.25, -0.2) is 0 Å². The molecule has 20 heavy (non-hydrogen) atoms. The molecule has 1 aromatic heterocycles. The number of hydrogen-bond acceptors (Lipinski definition) is 4. The van der Waals surface area contributed by atoms with E-state index < -0.39 is 0 Å². The number of aliphatic hydroxyl groups excluding tert-OH is 1. The topological polar surface area (TPSA) is 75.4 Å². The molecule has 2 aromatic rings. The Labute approximate surface area is 116 Å². The van der Waals surface area contributed by atoms with Gasteiger partial charge in [-0.15, -0.1) is 0 Å². The van der Waals surface area contributed by atoms with Crippen molar-refractivity contribution in [3.63, 3.8) is 0 Å². The lowest BCUT2D eigenvalue weighted by Crippen LogP contribution is -2.14. The third-order valence-corrected chi connectivity index (χ3v) is 2.74. The highest BCUT2D eigenvalue weighted by Gasteiger charge is 2.18. The van der Waals surface area contributed by atoms with Gasteiger partial charge in [0.15, 0.2) is 0 Å². The molecule has 0 saturated carbocycles. The van der Waals surface area contributed by atoms with Crippen molar-refractivity contribution in [1.29, 1.82) is 0 Å². The van der Waals surface area contributed by atoms with E-state index in [0.29, 0.717) is 28.3 Å². The minimum Gasteiger partial charge on any atom is -0.384 e. The van der Waals surface area contributed by atoms with Crippen LogP contribution in [-0.2, 0) is 0 Å². The van der Waals surface area contributed by atoms with Crippen LogP contribution in [0.5, 0.6) is 0 Å². The molecular formula is C15H14N2O3. The molecule has 2 rings (SSSR count). The Morgan fingerprint density at radius 2 is 2.15 bits per heavy atom. The number of hydrogen-bond donors (Lipinski definition) is 2. The first-order valence-electron chi connectivity index (χ1n) is 6.06. The number of para-hydroxylation sites is 1. The highest BCUT2D eigenvalue weighted by atomic mass is 16.5. The van der Waals surface area contributed by atoms with Crippen molar-refractivity contribution in [1.82, 2.24) is 5.16 Å². The van der Waals surface area contributed by atoms with Gasteiger partial charge in [0.1, 0.15) is 17.9 Å². The van der Waals surface area contributed by atoms with Gasteiger partial charge >= 0.3 is 0 Å². The van der Waals surface area contributed by atoms with E-state index in [1.165, 1.54) is 0 Å². The lowest BCUT2D eigenvalue weighted by atomic mass is 10.1. The summed E-state index contributed by atoms with van der Waals surface area (Å²) in [4.78, 5) is 12.2. The van der Waals surface area contributed by atoms with Gasteiger partial charge in [-0.3, -0.25) is 4.79 Å². The number of aliphatic hydroxyl groups is 1. The molecule has 5 nitrogen and oxygen atoms in total. The maximum absolute atomic E-state index is 12.2. The lowest BCUT2D eigenvalue weighted by Gasteiger charge is -2.06. The highest BCUT2D eigenvalue weighted by Crippen LogP contribution is 2.18. The molecule has 0 bridgehead atoms. The largest absolute Gasteiger partial charge is 0.384 e. The third kappa shape index (κ3) is 2.87. The Kier molecular flexibility index (Phi) is 4.18. The quantitative estimate of drug-likeness (QED) is 0.817. The molecule has 5 heteroatoms. The zero-order chi connectivity index (χ0) is 14.5. The molecule has 0 aliphatic carbocycles. The summed E-state index contributed by atoms with van der Waals surface area (Å²) in [5.41, 5.74) is 2.19. The van der Waals surface area contributed by atoms with Gasteiger partial charge in [-0.2, -0.15) is 0 Å². The molecule has 0 aliphatic rings. The van der Waals surface area contributed by atoms with E-state index in [1.807, 2.05) is 6.07 Å². The summed E-state index contributed by atoms with van der Waals surface area (Å²) in [5.74, 6) is 5.53. The number of benzene rings is 1. The fourth-order valence-electron chi connectivity index (χ4n) is 1.83. The van der Waals surface area contributed by atoms with Gasteiger partial charge in [-0.05, 0) is 26.0 Å². The van der Waals surface area contributed by atoms with E-state index in [9.17, 15) is 4.79 Å². The zero-order valence-electron chi connectivity index (χ0n) is 11.2. The Morgan fingerprint density at radius 3 is 2.80 bits per heavy atom. The second-order valence-corrected chi connectivity index (χ2v) is 4.16. The van der Waals surface area contributed by atoms with Gasteiger partial charge in [0.25, 0.3) is 5.91 Å². The average Bonchev–Trinajstić information content (AvgIpc) is 2.77. The van der Waals surface area contributed by atoms with E-state index in [4.69, 9.17) is 9.63 Å². The van der Waals surface area contributed by atoms with Gasteiger partial charge in [0.05, 0.1) is 11.4 Å². The molecule has 0 radical (unpaired) electrons. The van der Waals surface area contributed by atoms with Gasteiger partial charge in [-0.1, -0.05) is 29.1 Å². The molecule has 1 heterocycles. The van der Waals surface area contributed by atoms with Crippen LogP contribution in [0.4, 0.5) is 5.69 Å². The fraction of sp³-hybridized carbons (Fsp3) is 0.200. The van der Waals surface area contributed by atoms with Gasteiger partial charge in [0, 0.05) is 5.56 Å². The highest BCUT2D eigenvalue weighted by molar-refractivity contribution is 6.06. The maximum atomic E-state index is 12.2. The maximum Gasteiger partial charge on any atom is 0.261 e. The number of anilines is 1. The number of aromatic nitrogens is 1. The van der Waals surface area contributed by atoms with E-state index in [-0.39, 0.29) is 12.5 Å². The zero-order valence-corrected chi connectivity index (χ0v) is 11.2. The second kappa shape index (κ2) is 6.04. The standard InChI is InChI=1S/C15H14N2O3/c1-10-14(11(2)20-17-10)15(19)16-13-8-4-3-6-12(13)7-5-9-18/h3-4,6,8,18H,9H2,1-2H3,(H,16,19). The van der Waals surface area contributed by atoms with Crippen molar-refractivity contribution in [3.8, 4) is 11.8 Å². The molecule has 0 spiro atoms. The Bertz CT molecular complexity index is 673. The predicted octanol–water partition coefficient (Wildman–Crippen LogP) is 1.89. The lowest BCUT2D eigenvalue weighted by molar-refractivity contribution is 0.102. The van der Waals surface area contributed by atoms with Gasteiger partial charge < -0.3 is 14.9 Å². The van der Waals surface area contributed by atoms with Crippen LogP contribution in [-0.4, -0.2) is 22.8 Å². The van der Waals surface area contributed by atoms with Crippen molar-refractivity contribution in [2.24, 2.45) is 0 Å². The number of aryl methyl sites for hydroxylation is 2. The fourth-order valence-corrected chi connectivity index (χ4v) is 1.83. The summed E-state index contributed by atoms with van der Waals surface area (Å²) in [5, 5.41) is 15.3. The minimum atomic E-state index is -0.292. The molecule has 0 atom stereocenters. The number of rotatable bonds is 2. The monoisotopic (exact) mass is 270 g/mol. The molecule has 0 fully saturated rings. The molecule has 0 aliphatic heterocycles. The number of carbonyl (C=O) groups excluding carboxylic acids is 1. The van der Waals surface area contributed by atoms with Crippen LogP contribution in [0.25, 0.3) is 0 Å². The smallest absolute Gasteiger partial charge is 0.261 e. The summed E-state index contributed by atoms with van der Waals surface area (Å²) in [6, 6.07) is 7.13. The number of carbonyl (C=O) groups is 1. The van der Waals surface area contributed by atoms with Crippen molar-refractivity contribution >= 4 is 11.6 Å². The summed E-state index contributed by atoms with van der Waals surface area (Å²) in [7, 11) is 0. The number of amides is 1. The first-order valence-corrected chi connectivity index (χ1v) is 6.06. The summed E-state index contributed by atoms with van der Waals surface area (Å²) >= 11 is 0. The normalized spacial score (nSPS) is 9.75. The van der Waals surface area contributed by atoms with Crippen molar-refractivity contribution in [3.05, 3.63) is 46.8 Å². The van der Waals surface area contributed by atoms with Crippen LogP contribution in [0, 0.1) is 25.7 Å². The van der Waals surface area contributed by atoms with Crippen molar-refractivity contribution < 1.29 is 14.4 Å².